The highest BCUT2D eigenvalue weighted by Crippen LogP contribution is 2.38. The number of hydrogen-bond donors (Lipinski definition) is 0. The Bertz CT molecular complexity index is 1300. The highest BCUT2D eigenvalue weighted by Gasteiger charge is 2.39. The van der Waals surface area contributed by atoms with Crippen molar-refractivity contribution in [3.05, 3.63) is 39.3 Å². The van der Waals surface area contributed by atoms with E-state index in [4.69, 9.17) is 4.74 Å². The number of amides is 3. The van der Waals surface area contributed by atoms with Gasteiger partial charge in [-0.05, 0) is 50.1 Å². The smallest absolute Gasteiger partial charge is 0.406 e. The fourth-order valence-corrected chi connectivity index (χ4v) is 5.02. The lowest BCUT2D eigenvalue weighted by Gasteiger charge is -2.17. The highest BCUT2D eigenvalue weighted by molar-refractivity contribution is 9.11. The Hall–Kier alpha value is -2.31. The van der Waals surface area contributed by atoms with Gasteiger partial charge in [0.1, 0.15) is 11.0 Å². The van der Waals surface area contributed by atoms with Crippen molar-refractivity contribution in [2.75, 3.05) is 19.3 Å². The van der Waals surface area contributed by atoms with Crippen LogP contribution in [0.4, 0.5) is 9.59 Å². The van der Waals surface area contributed by atoms with Crippen LogP contribution < -0.4 is 4.74 Å². The van der Waals surface area contributed by atoms with Crippen LogP contribution in [0.25, 0.3) is 22.1 Å². The molecule has 0 aliphatic carbocycles. The number of rotatable bonds is 2. The summed E-state index contributed by atoms with van der Waals surface area (Å²) in [6.07, 6.45) is -0.0976. The van der Waals surface area contributed by atoms with Crippen molar-refractivity contribution in [2.45, 2.75) is 0 Å². The lowest BCUT2D eigenvalue weighted by molar-refractivity contribution is 0.162. The van der Waals surface area contributed by atoms with Gasteiger partial charge in [0.2, 0.25) is 10.0 Å². The van der Waals surface area contributed by atoms with Crippen LogP contribution in [0.1, 0.15) is 0 Å². The summed E-state index contributed by atoms with van der Waals surface area (Å²) < 4.78 is 30.4. The highest BCUT2D eigenvalue weighted by atomic mass is 79.9. The molecule has 4 rings (SSSR count). The van der Waals surface area contributed by atoms with Crippen molar-refractivity contribution in [1.29, 1.82) is 0 Å². The summed E-state index contributed by atoms with van der Waals surface area (Å²) in [5.41, 5.74) is 2.05. The van der Waals surface area contributed by atoms with Crippen molar-refractivity contribution >= 4 is 76.1 Å². The SMILES string of the molecule is CS(=O)(=O)N1CCN(C(=O)Oc2c(Br)cc(Br)c3nc4ccccc4nc23)C1=O. The zero-order valence-corrected chi connectivity index (χ0v) is 18.8. The number of sulfonamides is 1. The first-order valence-corrected chi connectivity index (χ1v) is 11.7. The lowest BCUT2D eigenvalue weighted by atomic mass is 10.2. The third-order valence-corrected chi connectivity index (χ3v) is 6.60. The fraction of sp³-hybridized carbons (Fsp3) is 0.176. The van der Waals surface area contributed by atoms with Crippen molar-refractivity contribution in [2.24, 2.45) is 0 Å². The van der Waals surface area contributed by atoms with E-state index in [9.17, 15) is 18.0 Å². The molecule has 3 amide bonds. The minimum absolute atomic E-state index is 0.0806. The van der Waals surface area contributed by atoms with Gasteiger partial charge in [-0.1, -0.05) is 12.1 Å². The number of aromatic nitrogens is 2. The minimum Gasteiger partial charge on any atom is -0.406 e. The number of nitrogens with zero attached hydrogens (tertiary/aromatic N) is 4. The molecule has 1 aliphatic heterocycles. The first-order chi connectivity index (χ1) is 13.7. The zero-order chi connectivity index (χ0) is 20.9. The molecule has 1 aliphatic rings. The average Bonchev–Trinajstić information content (AvgIpc) is 3.05. The van der Waals surface area contributed by atoms with Gasteiger partial charge in [-0.15, -0.1) is 0 Å². The number of benzene rings is 2. The minimum atomic E-state index is -3.77. The maximum absolute atomic E-state index is 12.6. The first-order valence-electron chi connectivity index (χ1n) is 8.22. The molecule has 150 valence electrons. The van der Waals surface area contributed by atoms with Crippen molar-refractivity contribution in [3.8, 4) is 5.75 Å². The van der Waals surface area contributed by atoms with Crippen LogP contribution in [0.2, 0.25) is 0 Å². The molecule has 0 saturated carbocycles. The average molecular weight is 544 g/mol. The summed E-state index contributed by atoms with van der Waals surface area (Å²) >= 11 is 6.77. The van der Waals surface area contributed by atoms with Gasteiger partial charge in [0.25, 0.3) is 0 Å². The van der Waals surface area contributed by atoms with Crippen LogP contribution in [0, 0.1) is 0 Å². The normalized spacial score (nSPS) is 14.8. The summed E-state index contributed by atoms with van der Waals surface area (Å²) in [7, 11) is -3.77. The molecule has 29 heavy (non-hydrogen) atoms. The molecule has 1 aromatic heterocycles. The van der Waals surface area contributed by atoms with Gasteiger partial charge in [-0.3, -0.25) is 0 Å². The van der Waals surface area contributed by atoms with Gasteiger partial charge in [-0.2, -0.15) is 0 Å². The van der Waals surface area contributed by atoms with Crippen molar-refractivity contribution in [1.82, 2.24) is 19.2 Å². The second-order valence-corrected chi connectivity index (χ2v) is 9.83. The van der Waals surface area contributed by atoms with Crippen LogP contribution in [0.15, 0.2) is 39.3 Å². The fourth-order valence-electron chi connectivity index (χ4n) is 2.92. The van der Waals surface area contributed by atoms with E-state index < -0.39 is 22.1 Å². The number of ether oxygens (including phenoxy) is 1. The molecule has 9 nitrogen and oxygen atoms in total. The first kappa shape index (κ1) is 20.0. The van der Waals surface area contributed by atoms with E-state index >= 15 is 0 Å². The van der Waals surface area contributed by atoms with Crippen LogP contribution in [0.3, 0.4) is 0 Å². The maximum Gasteiger partial charge on any atom is 0.423 e. The Kier molecular flexibility index (Phi) is 4.95. The number of para-hydroxylation sites is 2. The predicted molar refractivity (Wildman–Crippen MR) is 112 cm³/mol. The van der Waals surface area contributed by atoms with E-state index in [-0.39, 0.29) is 18.8 Å². The number of fused-ring (bicyclic) bond motifs is 2. The van der Waals surface area contributed by atoms with Gasteiger partial charge in [0.15, 0.2) is 5.75 Å². The predicted octanol–water partition coefficient (Wildman–Crippen LogP) is 3.50. The summed E-state index contributed by atoms with van der Waals surface area (Å²) in [5, 5.41) is 0. The number of urea groups is 1. The number of hydrogen-bond acceptors (Lipinski definition) is 7. The zero-order valence-electron chi connectivity index (χ0n) is 14.8. The molecule has 0 atom stereocenters. The Balaban J connectivity index is 1.75. The van der Waals surface area contributed by atoms with Gasteiger partial charge >= 0.3 is 12.1 Å². The van der Waals surface area contributed by atoms with Crippen LogP contribution in [-0.4, -0.2) is 59.1 Å². The Labute approximate surface area is 182 Å². The molecule has 2 aromatic carbocycles. The van der Waals surface area contributed by atoms with Gasteiger partial charge in [0.05, 0.1) is 34.9 Å². The maximum atomic E-state index is 12.6. The van der Waals surface area contributed by atoms with Gasteiger partial charge in [-0.25, -0.2) is 37.2 Å². The molecule has 1 fully saturated rings. The Morgan fingerprint density at radius 3 is 2.28 bits per heavy atom. The largest absolute Gasteiger partial charge is 0.423 e. The molecular formula is C17H12Br2N4O5S. The quantitative estimate of drug-likeness (QED) is 0.455. The summed E-state index contributed by atoms with van der Waals surface area (Å²) in [5.74, 6) is 0.0806. The molecule has 0 spiro atoms. The van der Waals surface area contributed by atoms with Crippen molar-refractivity contribution in [3.63, 3.8) is 0 Å². The van der Waals surface area contributed by atoms with Crippen LogP contribution in [-0.2, 0) is 10.0 Å². The molecule has 2 heterocycles. The van der Waals surface area contributed by atoms with E-state index in [1.165, 1.54) is 0 Å². The molecule has 0 bridgehead atoms. The van der Waals surface area contributed by atoms with E-state index in [1.54, 1.807) is 12.1 Å². The lowest BCUT2D eigenvalue weighted by Crippen LogP contribution is -2.39. The monoisotopic (exact) mass is 542 g/mol. The second-order valence-electron chi connectivity index (χ2n) is 6.22. The number of carbonyl (C=O) groups excluding carboxylic acids is 2. The van der Waals surface area contributed by atoms with Crippen molar-refractivity contribution < 1.29 is 22.7 Å². The third kappa shape index (κ3) is 3.55. The molecule has 1 saturated heterocycles. The van der Waals surface area contributed by atoms with Gasteiger partial charge in [0, 0.05) is 4.47 Å². The van der Waals surface area contributed by atoms with Crippen LogP contribution in [0.5, 0.6) is 5.75 Å². The van der Waals surface area contributed by atoms with E-state index in [2.05, 4.69) is 41.8 Å². The summed E-state index contributed by atoms with van der Waals surface area (Å²) in [4.78, 5) is 34.7. The number of halogens is 2. The summed E-state index contributed by atoms with van der Waals surface area (Å²) in [6.45, 7) is -0.231. The van der Waals surface area contributed by atoms with Gasteiger partial charge < -0.3 is 4.74 Å². The van der Waals surface area contributed by atoms with Crippen LogP contribution >= 0.6 is 31.9 Å². The van der Waals surface area contributed by atoms with E-state index in [0.29, 0.717) is 35.3 Å². The topological polar surface area (TPSA) is 110 Å². The summed E-state index contributed by atoms with van der Waals surface area (Å²) in [6, 6.07) is 7.93. The molecule has 3 aromatic rings. The van der Waals surface area contributed by atoms with E-state index in [1.807, 2.05) is 18.2 Å². The number of imide groups is 1. The molecule has 12 heteroatoms. The Morgan fingerprint density at radius 2 is 1.69 bits per heavy atom. The Morgan fingerprint density at radius 1 is 1.07 bits per heavy atom. The molecule has 0 N–H and O–H groups in total. The number of carbonyl (C=O) groups is 2. The third-order valence-electron chi connectivity index (χ3n) is 4.26. The standard InChI is InChI=1S/C17H12Br2N4O5S/c1-29(26,27)23-7-6-22(16(23)24)17(25)28-15-10(19)8-9(18)13-14(15)21-12-5-3-2-4-11(12)20-13/h2-5,8H,6-7H2,1H3. The molecule has 0 unspecified atom stereocenters. The van der Waals surface area contributed by atoms with E-state index in [0.717, 1.165) is 11.2 Å². The molecular weight excluding hydrogens is 532 g/mol. The molecule has 0 radical (unpaired) electrons. The second kappa shape index (κ2) is 7.18.